The van der Waals surface area contributed by atoms with Gasteiger partial charge < -0.3 is 19.5 Å². The monoisotopic (exact) mass is 370 g/mol. The molecule has 1 aromatic heterocycles. The molecule has 0 saturated carbocycles. The van der Waals surface area contributed by atoms with Crippen molar-refractivity contribution in [3.8, 4) is 0 Å². The Morgan fingerprint density at radius 3 is 2.96 bits per heavy atom. The number of nitro benzene ring substituents is 1. The van der Waals surface area contributed by atoms with E-state index in [1.165, 1.54) is 0 Å². The molecule has 1 amide bonds. The first kappa shape index (κ1) is 17.5. The Labute approximate surface area is 156 Å². The summed E-state index contributed by atoms with van der Waals surface area (Å²) in [6, 6.07) is 8.63. The molecule has 0 radical (unpaired) electrons. The average Bonchev–Trinajstić information content (AvgIpc) is 3.18. The van der Waals surface area contributed by atoms with Crippen molar-refractivity contribution in [2.45, 2.75) is 19.0 Å². The lowest BCUT2D eigenvalue weighted by molar-refractivity contribution is -0.384. The van der Waals surface area contributed by atoms with Gasteiger partial charge in [0, 0.05) is 37.5 Å². The van der Waals surface area contributed by atoms with Gasteiger partial charge in [-0.2, -0.15) is 0 Å². The minimum atomic E-state index is -0.387. The fraction of sp³-hybridized carbons (Fsp3) is 0.421. The minimum absolute atomic E-state index is 0.0474. The highest BCUT2D eigenvalue weighted by Crippen LogP contribution is 2.37. The van der Waals surface area contributed by atoms with E-state index in [1.54, 1.807) is 24.5 Å². The van der Waals surface area contributed by atoms with Crippen molar-refractivity contribution < 1.29 is 14.1 Å². The van der Waals surface area contributed by atoms with Gasteiger partial charge in [-0.3, -0.25) is 14.9 Å². The van der Waals surface area contributed by atoms with Crippen molar-refractivity contribution in [1.29, 1.82) is 0 Å². The van der Waals surface area contributed by atoms with Gasteiger partial charge in [-0.05, 0) is 37.2 Å². The molecule has 2 aliphatic heterocycles. The van der Waals surface area contributed by atoms with E-state index in [4.69, 9.17) is 4.42 Å². The molecule has 2 aliphatic rings. The molecule has 8 nitrogen and oxygen atoms in total. The summed E-state index contributed by atoms with van der Waals surface area (Å²) in [6.45, 7) is 2.82. The van der Waals surface area contributed by atoms with Gasteiger partial charge in [0.1, 0.15) is 5.76 Å². The molecule has 0 aliphatic carbocycles. The van der Waals surface area contributed by atoms with Crippen LogP contribution >= 0.6 is 0 Å². The Balaban J connectivity index is 1.61. The molecule has 2 atom stereocenters. The molecule has 8 heteroatoms. The van der Waals surface area contributed by atoms with Crippen molar-refractivity contribution in [1.82, 2.24) is 10.2 Å². The summed E-state index contributed by atoms with van der Waals surface area (Å²) in [7, 11) is 2.06. The fourth-order valence-corrected chi connectivity index (χ4v) is 4.09. The summed E-state index contributed by atoms with van der Waals surface area (Å²) in [4.78, 5) is 28.2. The van der Waals surface area contributed by atoms with Crippen LogP contribution < -0.4 is 10.2 Å². The van der Waals surface area contributed by atoms with E-state index in [0.29, 0.717) is 18.7 Å². The second kappa shape index (κ2) is 7.03. The summed E-state index contributed by atoms with van der Waals surface area (Å²) >= 11 is 0. The normalized spacial score (nSPS) is 22.0. The number of fused-ring (bicyclic) bond motifs is 3. The van der Waals surface area contributed by atoms with E-state index < -0.39 is 0 Å². The molecule has 142 valence electrons. The Morgan fingerprint density at radius 2 is 2.22 bits per heavy atom. The van der Waals surface area contributed by atoms with E-state index >= 15 is 0 Å². The van der Waals surface area contributed by atoms with Crippen LogP contribution in [0.25, 0.3) is 0 Å². The van der Waals surface area contributed by atoms with Crippen molar-refractivity contribution in [2.24, 2.45) is 5.92 Å². The van der Waals surface area contributed by atoms with Crippen LogP contribution in [0.5, 0.6) is 0 Å². The predicted octanol–water partition coefficient (Wildman–Crippen LogP) is 1.80. The summed E-state index contributed by atoms with van der Waals surface area (Å²) in [6.07, 6.45) is 2.07. The van der Waals surface area contributed by atoms with Gasteiger partial charge in [0.15, 0.2) is 0 Å². The molecule has 0 bridgehead atoms. The van der Waals surface area contributed by atoms with Gasteiger partial charge in [0.25, 0.3) is 5.69 Å². The Bertz CT molecular complexity index is 851. The Morgan fingerprint density at radius 1 is 1.37 bits per heavy atom. The minimum Gasteiger partial charge on any atom is -0.467 e. The van der Waals surface area contributed by atoms with Gasteiger partial charge in [-0.1, -0.05) is 0 Å². The van der Waals surface area contributed by atoms with Gasteiger partial charge in [-0.25, -0.2) is 0 Å². The number of furan rings is 1. The van der Waals surface area contributed by atoms with E-state index in [2.05, 4.69) is 22.2 Å². The largest absolute Gasteiger partial charge is 0.467 e. The highest BCUT2D eigenvalue weighted by Gasteiger charge is 2.41. The van der Waals surface area contributed by atoms with Crippen LogP contribution in [-0.4, -0.2) is 48.5 Å². The molecule has 1 saturated heterocycles. The summed E-state index contributed by atoms with van der Waals surface area (Å²) in [5.41, 5.74) is 1.94. The molecule has 3 heterocycles. The first-order valence-corrected chi connectivity index (χ1v) is 9.05. The first-order chi connectivity index (χ1) is 13.0. The number of nitrogens with zero attached hydrogens (tertiary/aromatic N) is 3. The third kappa shape index (κ3) is 3.40. The Hall–Kier alpha value is -2.87. The standard InChI is InChI=1S/C19H22N4O4/c1-21-6-7-22-17-5-4-14(23(25)26)9-13(17)10-16(18(22)12-21)19(24)20-11-15-3-2-8-27-15/h2-5,8-9,16,18H,6-7,10-12H2,1H3,(H,20,24)/t16-,18-/m1/s1. The first-order valence-electron chi connectivity index (χ1n) is 9.05. The molecule has 1 N–H and O–H groups in total. The van der Waals surface area contributed by atoms with Crippen molar-refractivity contribution in [2.75, 3.05) is 31.6 Å². The number of benzene rings is 1. The predicted molar refractivity (Wildman–Crippen MR) is 99.5 cm³/mol. The fourth-order valence-electron chi connectivity index (χ4n) is 4.09. The maximum atomic E-state index is 13.0. The highest BCUT2D eigenvalue weighted by atomic mass is 16.6. The number of rotatable bonds is 4. The number of nitrogens with one attached hydrogen (secondary N) is 1. The topological polar surface area (TPSA) is 91.9 Å². The second-order valence-electron chi connectivity index (χ2n) is 7.20. The number of hydrogen-bond acceptors (Lipinski definition) is 6. The van der Waals surface area contributed by atoms with Crippen LogP contribution in [-0.2, 0) is 17.8 Å². The second-order valence-corrected chi connectivity index (χ2v) is 7.20. The van der Waals surface area contributed by atoms with Crippen LogP contribution in [0.4, 0.5) is 11.4 Å². The number of piperazine rings is 1. The zero-order valence-electron chi connectivity index (χ0n) is 15.1. The number of hydrogen-bond donors (Lipinski definition) is 1. The number of non-ortho nitro benzene ring substituents is 1. The highest BCUT2D eigenvalue weighted by molar-refractivity contribution is 5.82. The smallest absolute Gasteiger partial charge is 0.269 e. The number of anilines is 1. The number of carbonyl (C=O) groups excluding carboxylic acids is 1. The molecule has 4 rings (SSSR count). The molecule has 2 aromatic rings. The van der Waals surface area contributed by atoms with Crippen LogP contribution in [0.3, 0.4) is 0 Å². The molecule has 27 heavy (non-hydrogen) atoms. The van der Waals surface area contributed by atoms with Gasteiger partial charge >= 0.3 is 0 Å². The third-order valence-electron chi connectivity index (χ3n) is 5.46. The average molecular weight is 370 g/mol. The van der Waals surface area contributed by atoms with Crippen molar-refractivity contribution in [3.63, 3.8) is 0 Å². The molecular weight excluding hydrogens is 348 g/mol. The van der Waals surface area contributed by atoms with E-state index in [0.717, 1.165) is 30.9 Å². The number of carbonyl (C=O) groups is 1. The number of likely N-dealkylation sites (N-methyl/N-ethyl adjacent to an activating group) is 1. The van der Waals surface area contributed by atoms with Gasteiger partial charge in [0.05, 0.1) is 29.7 Å². The Kier molecular flexibility index (Phi) is 4.57. The van der Waals surface area contributed by atoms with Gasteiger partial charge in [0.2, 0.25) is 5.91 Å². The third-order valence-corrected chi connectivity index (χ3v) is 5.46. The van der Waals surface area contributed by atoms with Crippen LogP contribution in [0.2, 0.25) is 0 Å². The SMILES string of the molecule is CN1CCN2c3ccc([N+](=O)[O-])cc3C[C@@H](C(=O)NCc3ccco3)[C@H]2C1. The van der Waals surface area contributed by atoms with Crippen LogP contribution in [0.1, 0.15) is 11.3 Å². The zero-order chi connectivity index (χ0) is 19.0. The molecule has 1 fully saturated rings. The van der Waals surface area contributed by atoms with Gasteiger partial charge in [-0.15, -0.1) is 0 Å². The maximum absolute atomic E-state index is 13.0. The van der Waals surface area contributed by atoms with Crippen molar-refractivity contribution in [3.05, 3.63) is 58.0 Å². The molecular formula is C19H22N4O4. The van der Waals surface area contributed by atoms with E-state index in [9.17, 15) is 14.9 Å². The number of amides is 1. The van der Waals surface area contributed by atoms with E-state index in [-0.39, 0.29) is 28.5 Å². The zero-order valence-corrected chi connectivity index (χ0v) is 15.1. The summed E-state index contributed by atoms with van der Waals surface area (Å²) in [5.74, 6) is 0.388. The molecule has 0 unspecified atom stereocenters. The number of nitro groups is 1. The maximum Gasteiger partial charge on any atom is 0.269 e. The van der Waals surface area contributed by atoms with E-state index in [1.807, 2.05) is 12.1 Å². The molecule has 0 spiro atoms. The quantitative estimate of drug-likeness (QED) is 0.652. The van der Waals surface area contributed by atoms with Crippen molar-refractivity contribution >= 4 is 17.3 Å². The lowest BCUT2D eigenvalue weighted by Gasteiger charge is -2.48. The lowest BCUT2D eigenvalue weighted by Crippen LogP contribution is -2.60. The summed E-state index contributed by atoms with van der Waals surface area (Å²) in [5, 5.41) is 14.1. The summed E-state index contributed by atoms with van der Waals surface area (Å²) < 4.78 is 5.28. The van der Waals surface area contributed by atoms with Crippen LogP contribution in [0, 0.1) is 16.0 Å². The lowest BCUT2D eigenvalue weighted by atomic mass is 9.83. The van der Waals surface area contributed by atoms with Crippen LogP contribution in [0.15, 0.2) is 41.0 Å². The molecule has 1 aromatic carbocycles.